The van der Waals surface area contributed by atoms with Gasteiger partial charge in [0.15, 0.2) is 5.82 Å². The van der Waals surface area contributed by atoms with Crippen molar-refractivity contribution < 1.29 is 4.42 Å². The summed E-state index contributed by atoms with van der Waals surface area (Å²) in [7, 11) is 0. The summed E-state index contributed by atoms with van der Waals surface area (Å²) in [6.45, 7) is 0. The first-order valence-electron chi connectivity index (χ1n) is 19.2. The van der Waals surface area contributed by atoms with Crippen molar-refractivity contribution in [3.63, 3.8) is 0 Å². The Hall–Kier alpha value is -7.69. The Kier molecular flexibility index (Phi) is 7.78. The largest absolute Gasteiger partial charge is 0.456 e. The van der Waals surface area contributed by atoms with E-state index in [1.165, 1.54) is 0 Å². The quantitative estimate of drug-likeness (QED) is 0.160. The highest BCUT2D eigenvalue weighted by Crippen LogP contribution is 2.43. The summed E-state index contributed by atoms with van der Waals surface area (Å²) in [5.41, 5.74) is 14.1. The molecule has 0 fully saturated rings. The molecule has 0 spiro atoms. The Morgan fingerprint density at radius 3 is 1.54 bits per heavy atom. The van der Waals surface area contributed by atoms with Gasteiger partial charge in [-0.3, -0.25) is 0 Å². The van der Waals surface area contributed by atoms with Gasteiger partial charge in [0.25, 0.3) is 0 Å². The molecular formula is C53H33N3O. The SMILES string of the molecule is c1ccc(-c2cc(-c3ccc(-c4ccc(-c5cccc6c5nc(-c5ccccc5)c5ccc7oc8ccccc8c7c56)cc4)cc3)nc(-c3ccccc3)n2)cc1. The molecule has 0 unspecified atom stereocenters. The fourth-order valence-corrected chi connectivity index (χ4v) is 8.12. The first-order chi connectivity index (χ1) is 28.2. The maximum absolute atomic E-state index is 6.38. The van der Waals surface area contributed by atoms with Gasteiger partial charge in [-0.1, -0.05) is 176 Å². The lowest BCUT2D eigenvalue weighted by Crippen LogP contribution is -1.95. The summed E-state index contributed by atoms with van der Waals surface area (Å²) in [4.78, 5) is 15.4. The molecule has 0 saturated heterocycles. The van der Waals surface area contributed by atoms with E-state index < -0.39 is 0 Å². The zero-order chi connectivity index (χ0) is 37.7. The molecule has 11 aromatic rings. The van der Waals surface area contributed by atoms with Gasteiger partial charge in [-0.2, -0.15) is 0 Å². The molecule has 3 aromatic heterocycles. The van der Waals surface area contributed by atoms with Crippen molar-refractivity contribution in [3.8, 4) is 67.4 Å². The van der Waals surface area contributed by atoms with Crippen LogP contribution in [0.15, 0.2) is 205 Å². The van der Waals surface area contributed by atoms with Gasteiger partial charge >= 0.3 is 0 Å². The minimum Gasteiger partial charge on any atom is -0.456 e. The normalized spacial score (nSPS) is 11.5. The summed E-state index contributed by atoms with van der Waals surface area (Å²) in [6, 6.07) is 69.6. The van der Waals surface area contributed by atoms with Gasteiger partial charge in [0.05, 0.1) is 22.6 Å². The highest BCUT2D eigenvalue weighted by Gasteiger charge is 2.19. The van der Waals surface area contributed by atoms with E-state index >= 15 is 0 Å². The van der Waals surface area contributed by atoms with Crippen molar-refractivity contribution in [2.24, 2.45) is 0 Å². The molecule has 3 heterocycles. The maximum atomic E-state index is 6.38. The molecule has 0 atom stereocenters. The van der Waals surface area contributed by atoms with Crippen LogP contribution < -0.4 is 0 Å². The lowest BCUT2D eigenvalue weighted by molar-refractivity contribution is 0.669. The van der Waals surface area contributed by atoms with E-state index in [0.717, 1.165) is 105 Å². The van der Waals surface area contributed by atoms with Gasteiger partial charge in [0.2, 0.25) is 0 Å². The smallest absolute Gasteiger partial charge is 0.160 e. The summed E-state index contributed by atoms with van der Waals surface area (Å²) in [5, 5.41) is 5.61. The minimum atomic E-state index is 0.709. The number of pyridine rings is 1. The number of nitrogens with zero attached hydrogens (tertiary/aromatic N) is 3. The van der Waals surface area contributed by atoms with E-state index in [1.807, 2.05) is 48.5 Å². The van der Waals surface area contributed by atoms with Gasteiger partial charge in [0.1, 0.15) is 11.2 Å². The molecule has 0 amide bonds. The first-order valence-corrected chi connectivity index (χ1v) is 19.2. The van der Waals surface area contributed by atoms with E-state index in [9.17, 15) is 0 Å². The Morgan fingerprint density at radius 1 is 0.316 bits per heavy atom. The Balaban J connectivity index is 0.995. The lowest BCUT2D eigenvalue weighted by Gasteiger charge is -2.14. The van der Waals surface area contributed by atoms with E-state index in [4.69, 9.17) is 19.4 Å². The molecule has 8 aromatic carbocycles. The van der Waals surface area contributed by atoms with E-state index in [-0.39, 0.29) is 0 Å². The van der Waals surface area contributed by atoms with Crippen molar-refractivity contribution >= 4 is 43.6 Å². The highest BCUT2D eigenvalue weighted by molar-refractivity contribution is 6.29. The third kappa shape index (κ3) is 5.74. The molecule has 266 valence electrons. The number of para-hydroxylation sites is 2. The molecule has 4 nitrogen and oxygen atoms in total. The predicted octanol–water partition coefficient (Wildman–Crippen LogP) is 14.1. The zero-order valence-corrected chi connectivity index (χ0v) is 30.8. The van der Waals surface area contributed by atoms with Crippen LogP contribution in [0.25, 0.3) is 111 Å². The maximum Gasteiger partial charge on any atom is 0.160 e. The van der Waals surface area contributed by atoms with Crippen molar-refractivity contribution in [3.05, 3.63) is 200 Å². The van der Waals surface area contributed by atoms with Crippen LogP contribution >= 0.6 is 0 Å². The van der Waals surface area contributed by atoms with Gasteiger partial charge < -0.3 is 4.42 Å². The molecule has 0 aliphatic heterocycles. The third-order valence-electron chi connectivity index (χ3n) is 10.9. The number of rotatable bonds is 6. The molecule has 0 N–H and O–H groups in total. The molecule has 0 saturated carbocycles. The number of furan rings is 1. The second-order valence-corrected chi connectivity index (χ2v) is 14.3. The zero-order valence-electron chi connectivity index (χ0n) is 30.8. The highest BCUT2D eigenvalue weighted by atomic mass is 16.3. The molecular weight excluding hydrogens is 695 g/mol. The van der Waals surface area contributed by atoms with Crippen molar-refractivity contribution in [2.45, 2.75) is 0 Å². The topological polar surface area (TPSA) is 51.8 Å². The minimum absolute atomic E-state index is 0.709. The van der Waals surface area contributed by atoms with Crippen molar-refractivity contribution in [1.29, 1.82) is 0 Å². The summed E-state index contributed by atoms with van der Waals surface area (Å²) < 4.78 is 6.38. The molecule has 0 aliphatic rings. The van der Waals surface area contributed by atoms with E-state index in [1.54, 1.807) is 0 Å². The average molecular weight is 728 g/mol. The summed E-state index contributed by atoms with van der Waals surface area (Å²) in [6.07, 6.45) is 0. The van der Waals surface area contributed by atoms with E-state index in [0.29, 0.717) is 5.82 Å². The average Bonchev–Trinajstić information content (AvgIpc) is 3.68. The fourth-order valence-electron chi connectivity index (χ4n) is 8.12. The van der Waals surface area contributed by atoms with Crippen LogP contribution in [0.1, 0.15) is 0 Å². The number of benzene rings is 8. The molecule has 57 heavy (non-hydrogen) atoms. The predicted molar refractivity (Wildman–Crippen MR) is 235 cm³/mol. The Bertz CT molecular complexity index is 3190. The van der Waals surface area contributed by atoms with Crippen LogP contribution in [-0.2, 0) is 0 Å². The second kappa shape index (κ2) is 13.6. The number of fused-ring (bicyclic) bond motifs is 7. The monoisotopic (exact) mass is 727 g/mol. The van der Waals surface area contributed by atoms with Gasteiger partial charge in [-0.05, 0) is 41.0 Å². The van der Waals surface area contributed by atoms with Gasteiger partial charge in [0, 0.05) is 54.7 Å². The van der Waals surface area contributed by atoms with Crippen LogP contribution in [0.5, 0.6) is 0 Å². The van der Waals surface area contributed by atoms with Crippen LogP contribution in [0.4, 0.5) is 0 Å². The molecule has 0 bridgehead atoms. The summed E-state index contributed by atoms with van der Waals surface area (Å²) >= 11 is 0. The van der Waals surface area contributed by atoms with Crippen molar-refractivity contribution in [2.75, 3.05) is 0 Å². The number of hydrogen-bond donors (Lipinski definition) is 0. The lowest BCUT2D eigenvalue weighted by atomic mass is 9.93. The van der Waals surface area contributed by atoms with Crippen LogP contribution in [-0.4, -0.2) is 15.0 Å². The molecule has 11 rings (SSSR count). The van der Waals surface area contributed by atoms with Gasteiger partial charge in [-0.15, -0.1) is 0 Å². The van der Waals surface area contributed by atoms with Crippen LogP contribution in [0.2, 0.25) is 0 Å². The standard InChI is InChI=1S/C53H33N3O/c1-4-13-37(14-5-1)45-33-46(55-53(54-45)40-17-8-3-9-18-40)38-29-25-35(26-30-38)34-23-27-36(28-24-34)41-20-12-21-43-49-44(51(56-52(41)43)39-15-6-2-7-16-39)31-32-48-50(49)42-19-10-11-22-47(42)57-48/h1-33H. The molecule has 0 radical (unpaired) electrons. The summed E-state index contributed by atoms with van der Waals surface area (Å²) in [5.74, 6) is 0.709. The molecule has 4 heteroatoms. The Labute approximate surface area is 329 Å². The van der Waals surface area contributed by atoms with Crippen LogP contribution in [0, 0.1) is 0 Å². The fraction of sp³-hybridized carbons (Fsp3) is 0. The van der Waals surface area contributed by atoms with Gasteiger partial charge in [-0.25, -0.2) is 15.0 Å². The second-order valence-electron chi connectivity index (χ2n) is 14.3. The third-order valence-corrected chi connectivity index (χ3v) is 10.9. The Morgan fingerprint density at radius 2 is 0.860 bits per heavy atom. The number of aromatic nitrogens is 3. The first kappa shape index (κ1) is 32.7. The molecule has 0 aliphatic carbocycles. The number of hydrogen-bond acceptors (Lipinski definition) is 4. The van der Waals surface area contributed by atoms with Crippen LogP contribution in [0.3, 0.4) is 0 Å². The van der Waals surface area contributed by atoms with E-state index in [2.05, 4.69) is 152 Å². The van der Waals surface area contributed by atoms with Crippen molar-refractivity contribution in [1.82, 2.24) is 15.0 Å².